The van der Waals surface area contributed by atoms with E-state index >= 15 is 0 Å². The van der Waals surface area contributed by atoms with E-state index in [1.807, 2.05) is 35.0 Å². The van der Waals surface area contributed by atoms with E-state index in [-0.39, 0.29) is 6.04 Å². The molecule has 1 saturated carbocycles. The second kappa shape index (κ2) is 6.04. The molecule has 1 fully saturated rings. The minimum Gasteiger partial charge on any atom is -0.207 e. The fraction of sp³-hybridized carbons (Fsp3) is 0.444. The SMILES string of the molecule is O=S(=O)(c1ccc2c(c1)CCCC2)N(Cc1ccsc1)C1CC1. The van der Waals surface area contributed by atoms with Crippen molar-refractivity contribution in [1.29, 1.82) is 0 Å². The van der Waals surface area contributed by atoms with Gasteiger partial charge < -0.3 is 0 Å². The Bertz CT molecular complexity index is 792. The van der Waals surface area contributed by atoms with Gasteiger partial charge in [0.15, 0.2) is 0 Å². The maximum atomic E-state index is 13.2. The van der Waals surface area contributed by atoms with Gasteiger partial charge in [-0.25, -0.2) is 8.42 Å². The highest BCUT2D eigenvalue weighted by Gasteiger charge is 2.38. The molecule has 5 heteroatoms. The number of rotatable bonds is 5. The van der Waals surface area contributed by atoms with E-state index < -0.39 is 10.0 Å². The number of benzene rings is 1. The van der Waals surface area contributed by atoms with Crippen molar-refractivity contribution in [2.45, 2.75) is 56.0 Å². The standard InChI is InChI=1S/C18H21NO2S2/c20-23(21,18-8-5-15-3-1-2-4-16(15)11-18)19(17-6-7-17)12-14-9-10-22-13-14/h5,8-11,13,17H,1-4,6-7,12H2. The van der Waals surface area contributed by atoms with Crippen LogP contribution in [0.1, 0.15) is 42.4 Å². The van der Waals surface area contributed by atoms with Crippen molar-refractivity contribution < 1.29 is 8.42 Å². The molecule has 1 heterocycles. The zero-order valence-electron chi connectivity index (χ0n) is 13.1. The summed E-state index contributed by atoms with van der Waals surface area (Å²) in [5.41, 5.74) is 3.64. The van der Waals surface area contributed by atoms with Gasteiger partial charge in [-0.2, -0.15) is 15.6 Å². The van der Waals surface area contributed by atoms with Crippen molar-refractivity contribution >= 4 is 21.4 Å². The highest BCUT2D eigenvalue weighted by atomic mass is 32.2. The Morgan fingerprint density at radius 1 is 1.09 bits per heavy atom. The molecule has 0 bridgehead atoms. The Morgan fingerprint density at radius 2 is 1.87 bits per heavy atom. The van der Waals surface area contributed by atoms with Gasteiger partial charge in [0.2, 0.25) is 10.0 Å². The molecule has 0 atom stereocenters. The number of hydrogen-bond acceptors (Lipinski definition) is 3. The first kappa shape index (κ1) is 15.4. The van der Waals surface area contributed by atoms with Gasteiger partial charge in [-0.15, -0.1) is 0 Å². The molecule has 0 N–H and O–H groups in total. The average Bonchev–Trinajstić information content (AvgIpc) is 3.27. The first-order valence-electron chi connectivity index (χ1n) is 8.29. The number of aryl methyl sites for hydroxylation is 2. The molecule has 2 aliphatic rings. The summed E-state index contributed by atoms with van der Waals surface area (Å²) in [5.74, 6) is 0. The van der Waals surface area contributed by atoms with Crippen LogP contribution in [-0.2, 0) is 29.4 Å². The average molecular weight is 348 g/mol. The molecule has 0 unspecified atom stereocenters. The van der Waals surface area contributed by atoms with Crippen molar-refractivity contribution in [3.8, 4) is 0 Å². The second-order valence-corrected chi connectivity index (χ2v) is 9.22. The molecule has 0 spiro atoms. The van der Waals surface area contributed by atoms with Gasteiger partial charge in [-0.3, -0.25) is 0 Å². The first-order valence-corrected chi connectivity index (χ1v) is 10.7. The van der Waals surface area contributed by atoms with E-state index in [1.165, 1.54) is 17.5 Å². The summed E-state index contributed by atoms with van der Waals surface area (Å²) < 4.78 is 28.0. The molecule has 4 rings (SSSR count). The molecule has 1 aromatic carbocycles. The first-order chi connectivity index (χ1) is 11.1. The Kier molecular flexibility index (Phi) is 4.03. The number of nitrogens with zero attached hydrogens (tertiary/aromatic N) is 1. The minimum atomic E-state index is -3.41. The zero-order chi connectivity index (χ0) is 15.9. The lowest BCUT2D eigenvalue weighted by Crippen LogP contribution is -2.32. The zero-order valence-corrected chi connectivity index (χ0v) is 14.7. The Labute approximate surface area is 142 Å². The van der Waals surface area contributed by atoms with Gasteiger partial charge in [0.05, 0.1) is 4.90 Å². The number of hydrogen-bond donors (Lipinski definition) is 0. The maximum absolute atomic E-state index is 13.2. The highest BCUT2D eigenvalue weighted by Crippen LogP contribution is 2.35. The van der Waals surface area contributed by atoms with Crippen LogP contribution in [0.25, 0.3) is 0 Å². The van der Waals surface area contributed by atoms with Gasteiger partial charge in [0, 0.05) is 12.6 Å². The van der Waals surface area contributed by atoms with Crippen LogP contribution < -0.4 is 0 Å². The van der Waals surface area contributed by atoms with Gasteiger partial charge in [-0.1, -0.05) is 6.07 Å². The normalized spacial score (nSPS) is 18.1. The third-order valence-corrected chi connectivity index (χ3v) is 7.43. The summed E-state index contributed by atoms with van der Waals surface area (Å²) >= 11 is 1.62. The molecule has 0 saturated heterocycles. The smallest absolute Gasteiger partial charge is 0.207 e. The van der Waals surface area contributed by atoms with Crippen molar-refractivity contribution in [2.75, 3.05) is 0 Å². The monoisotopic (exact) mass is 347 g/mol. The number of thiophene rings is 1. The van der Waals surface area contributed by atoms with Crippen molar-refractivity contribution in [1.82, 2.24) is 4.31 Å². The second-order valence-electron chi connectivity index (χ2n) is 6.55. The lowest BCUT2D eigenvalue weighted by molar-refractivity contribution is 0.399. The van der Waals surface area contributed by atoms with Crippen LogP contribution in [0.3, 0.4) is 0 Å². The Hall–Kier alpha value is -1.17. The Morgan fingerprint density at radius 3 is 2.57 bits per heavy atom. The van der Waals surface area contributed by atoms with Gasteiger partial charge in [0.25, 0.3) is 0 Å². The molecule has 0 aliphatic heterocycles. The van der Waals surface area contributed by atoms with Crippen molar-refractivity contribution in [3.63, 3.8) is 0 Å². The van der Waals surface area contributed by atoms with E-state index in [1.54, 1.807) is 15.6 Å². The van der Waals surface area contributed by atoms with Gasteiger partial charge in [-0.05, 0) is 84.2 Å². The van der Waals surface area contributed by atoms with E-state index in [4.69, 9.17) is 0 Å². The molecular weight excluding hydrogens is 326 g/mol. The van der Waals surface area contributed by atoms with Crippen LogP contribution in [0.2, 0.25) is 0 Å². The molecule has 23 heavy (non-hydrogen) atoms. The summed E-state index contributed by atoms with van der Waals surface area (Å²) in [4.78, 5) is 0.472. The summed E-state index contributed by atoms with van der Waals surface area (Å²) in [6.07, 6.45) is 6.43. The predicted octanol–water partition coefficient (Wildman–Crippen LogP) is 3.98. The third kappa shape index (κ3) is 3.10. The number of fused-ring (bicyclic) bond motifs is 1. The maximum Gasteiger partial charge on any atom is 0.243 e. The van der Waals surface area contributed by atoms with Crippen LogP contribution in [-0.4, -0.2) is 18.8 Å². The van der Waals surface area contributed by atoms with Crippen LogP contribution >= 0.6 is 11.3 Å². The summed E-state index contributed by atoms with van der Waals surface area (Å²) in [6.45, 7) is 0.494. The van der Waals surface area contributed by atoms with E-state index in [0.29, 0.717) is 11.4 Å². The quantitative estimate of drug-likeness (QED) is 0.820. The molecule has 0 radical (unpaired) electrons. The predicted molar refractivity (Wildman–Crippen MR) is 93.2 cm³/mol. The van der Waals surface area contributed by atoms with Crippen LogP contribution in [0, 0.1) is 0 Å². The molecule has 1 aromatic heterocycles. The highest BCUT2D eigenvalue weighted by molar-refractivity contribution is 7.89. The summed E-state index contributed by atoms with van der Waals surface area (Å²) in [6, 6.07) is 7.95. The molecule has 2 aliphatic carbocycles. The van der Waals surface area contributed by atoms with Crippen LogP contribution in [0.5, 0.6) is 0 Å². The number of sulfonamides is 1. The molecule has 122 valence electrons. The lowest BCUT2D eigenvalue weighted by atomic mass is 9.92. The topological polar surface area (TPSA) is 37.4 Å². The van der Waals surface area contributed by atoms with Gasteiger partial charge in [0.1, 0.15) is 0 Å². The lowest BCUT2D eigenvalue weighted by Gasteiger charge is -2.23. The Balaban J connectivity index is 1.67. The van der Waals surface area contributed by atoms with Gasteiger partial charge >= 0.3 is 0 Å². The van der Waals surface area contributed by atoms with E-state index in [0.717, 1.165) is 37.7 Å². The molecular formula is C18H21NO2S2. The van der Waals surface area contributed by atoms with Crippen LogP contribution in [0.15, 0.2) is 39.9 Å². The molecule has 0 amide bonds. The van der Waals surface area contributed by atoms with Crippen molar-refractivity contribution in [2.24, 2.45) is 0 Å². The van der Waals surface area contributed by atoms with Crippen molar-refractivity contribution in [3.05, 3.63) is 51.7 Å². The molecule has 3 nitrogen and oxygen atoms in total. The minimum absolute atomic E-state index is 0.177. The fourth-order valence-electron chi connectivity index (χ4n) is 3.34. The van der Waals surface area contributed by atoms with E-state index in [2.05, 4.69) is 0 Å². The fourth-order valence-corrected chi connectivity index (χ4v) is 5.73. The van der Waals surface area contributed by atoms with Crippen LogP contribution in [0.4, 0.5) is 0 Å². The largest absolute Gasteiger partial charge is 0.243 e. The third-order valence-electron chi connectivity index (χ3n) is 4.80. The summed E-state index contributed by atoms with van der Waals surface area (Å²) in [7, 11) is -3.41. The summed E-state index contributed by atoms with van der Waals surface area (Å²) in [5, 5.41) is 4.05. The molecule has 2 aromatic rings. The van der Waals surface area contributed by atoms with E-state index in [9.17, 15) is 8.42 Å².